The molecule has 0 unspecified atom stereocenters. The molecule has 2 N–H and O–H groups in total. The van der Waals surface area contributed by atoms with Crippen molar-refractivity contribution < 1.29 is 9.53 Å². The molecular formula is C11H15BrN2O2. The summed E-state index contributed by atoms with van der Waals surface area (Å²) in [6.07, 6.45) is 0. The lowest BCUT2D eigenvalue weighted by Crippen LogP contribution is -2.33. The van der Waals surface area contributed by atoms with Gasteiger partial charge in [0.2, 0.25) is 0 Å². The zero-order valence-corrected chi connectivity index (χ0v) is 10.7. The highest BCUT2D eigenvalue weighted by Gasteiger charge is 2.01. The van der Waals surface area contributed by atoms with Crippen molar-refractivity contribution in [1.82, 2.24) is 10.6 Å². The standard InChI is InChI=1S/C11H15BrN2O2/c1-13-6-7-14-11(15)8-16-10-4-2-9(12)3-5-10/h2-5,13H,6-8H2,1H3,(H,14,15). The molecule has 0 aliphatic rings. The maximum atomic E-state index is 11.3. The van der Waals surface area contributed by atoms with Crippen molar-refractivity contribution in [2.75, 3.05) is 26.7 Å². The molecule has 1 aromatic rings. The number of amides is 1. The minimum atomic E-state index is -0.113. The largest absolute Gasteiger partial charge is 0.484 e. The first-order valence-corrected chi connectivity index (χ1v) is 5.81. The number of carbonyl (C=O) groups is 1. The van der Waals surface area contributed by atoms with Crippen molar-refractivity contribution in [1.29, 1.82) is 0 Å². The number of halogens is 1. The van der Waals surface area contributed by atoms with Crippen LogP contribution in [0, 0.1) is 0 Å². The Kier molecular flexibility index (Phi) is 5.88. The van der Waals surface area contributed by atoms with E-state index < -0.39 is 0 Å². The zero-order chi connectivity index (χ0) is 11.8. The molecule has 0 aliphatic heterocycles. The monoisotopic (exact) mass is 286 g/mol. The fraction of sp³-hybridized carbons (Fsp3) is 0.364. The summed E-state index contributed by atoms with van der Waals surface area (Å²) < 4.78 is 6.28. The topological polar surface area (TPSA) is 50.4 Å². The summed E-state index contributed by atoms with van der Waals surface area (Å²) in [6.45, 7) is 1.41. The number of nitrogens with one attached hydrogen (secondary N) is 2. The number of likely N-dealkylation sites (N-methyl/N-ethyl adjacent to an activating group) is 1. The minimum Gasteiger partial charge on any atom is -0.484 e. The fourth-order valence-electron chi connectivity index (χ4n) is 1.06. The van der Waals surface area contributed by atoms with Crippen LogP contribution >= 0.6 is 15.9 Å². The Labute approximate surface area is 103 Å². The highest BCUT2D eigenvalue weighted by Crippen LogP contribution is 2.15. The van der Waals surface area contributed by atoms with Crippen LogP contribution in [0.25, 0.3) is 0 Å². The average molecular weight is 287 g/mol. The molecule has 5 heteroatoms. The maximum Gasteiger partial charge on any atom is 0.257 e. The molecule has 0 aliphatic carbocycles. The van der Waals surface area contributed by atoms with E-state index in [1.165, 1.54) is 0 Å². The quantitative estimate of drug-likeness (QED) is 0.772. The third-order valence-corrected chi connectivity index (χ3v) is 2.41. The van der Waals surface area contributed by atoms with Crippen LogP contribution in [0.5, 0.6) is 5.75 Å². The van der Waals surface area contributed by atoms with Gasteiger partial charge in [-0.25, -0.2) is 0 Å². The molecule has 0 aromatic heterocycles. The van der Waals surface area contributed by atoms with Gasteiger partial charge in [0.25, 0.3) is 5.91 Å². The average Bonchev–Trinajstić information content (AvgIpc) is 2.29. The van der Waals surface area contributed by atoms with Crippen molar-refractivity contribution in [2.45, 2.75) is 0 Å². The molecule has 0 spiro atoms. The zero-order valence-electron chi connectivity index (χ0n) is 9.13. The smallest absolute Gasteiger partial charge is 0.257 e. The minimum absolute atomic E-state index is 0.0470. The molecule has 1 rings (SSSR count). The molecule has 88 valence electrons. The van der Waals surface area contributed by atoms with E-state index >= 15 is 0 Å². The second-order valence-electron chi connectivity index (χ2n) is 3.20. The van der Waals surface area contributed by atoms with Gasteiger partial charge in [0.05, 0.1) is 0 Å². The molecule has 4 nitrogen and oxygen atoms in total. The van der Waals surface area contributed by atoms with Gasteiger partial charge in [-0.05, 0) is 31.3 Å². The van der Waals surface area contributed by atoms with E-state index in [2.05, 4.69) is 26.6 Å². The van der Waals surface area contributed by atoms with E-state index in [1.54, 1.807) is 0 Å². The molecule has 0 atom stereocenters. The van der Waals surface area contributed by atoms with E-state index in [1.807, 2.05) is 31.3 Å². The highest BCUT2D eigenvalue weighted by atomic mass is 79.9. The summed E-state index contributed by atoms with van der Waals surface area (Å²) in [5.74, 6) is 0.574. The van der Waals surface area contributed by atoms with Gasteiger partial charge in [0, 0.05) is 17.6 Å². The number of hydrogen-bond acceptors (Lipinski definition) is 3. The first-order chi connectivity index (χ1) is 7.72. The maximum absolute atomic E-state index is 11.3. The Balaban J connectivity index is 2.23. The van der Waals surface area contributed by atoms with Gasteiger partial charge in [-0.1, -0.05) is 15.9 Å². The van der Waals surface area contributed by atoms with E-state index in [4.69, 9.17) is 4.74 Å². The second kappa shape index (κ2) is 7.24. The first kappa shape index (κ1) is 13.0. The van der Waals surface area contributed by atoms with Crippen LogP contribution in [-0.4, -0.2) is 32.7 Å². The number of ether oxygens (including phenoxy) is 1. The normalized spacial score (nSPS) is 9.88. The molecule has 0 heterocycles. The van der Waals surface area contributed by atoms with Crippen LogP contribution in [-0.2, 0) is 4.79 Å². The van der Waals surface area contributed by atoms with Crippen molar-refractivity contribution >= 4 is 21.8 Å². The summed E-state index contributed by atoms with van der Waals surface area (Å²) >= 11 is 3.33. The SMILES string of the molecule is CNCCNC(=O)COc1ccc(Br)cc1. The third kappa shape index (κ3) is 5.14. The Morgan fingerprint density at radius 1 is 1.31 bits per heavy atom. The Hall–Kier alpha value is -1.07. The van der Waals surface area contributed by atoms with Crippen molar-refractivity contribution in [3.63, 3.8) is 0 Å². The third-order valence-electron chi connectivity index (χ3n) is 1.88. The van der Waals surface area contributed by atoms with Crippen molar-refractivity contribution in [3.8, 4) is 5.75 Å². The van der Waals surface area contributed by atoms with Gasteiger partial charge >= 0.3 is 0 Å². The molecule has 0 radical (unpaired) electrons. The summed E-state index contributed by atoms with van der Waals surface area (Å²) in [6, 6.07) is 7.36. The van der Waals surface area contributed by atoms with E-state index in [0.29, 0.717) is 12.3 Å². The predicted molar refractivity (Wildman–Crippen MR) is 66.6 cm³/mol. The molecule has 0 fully saturated rings. The molecule has 1 aromatic carbocycles. The van der Waals surface area contributed by atoms with E-state index in [9.17, 15) is 4.79 Å². The van der Waals surface area contributed by atoms with Crippen LogP contribution in [0.4, 0.5) is 0 Å². The van der Waals surface area contributed by atoms with Gasteiger partial charge in [0.1, 0.15) is 5.75 Å². The number of hydrogen-bond donors (Lipinski definition) is 2. The summed E-state index contributed by atoms with van der Waals surface area (Å²) in [4.78, 5) is 11.3. The van der Waals surface area contributed by atoms with Crippen molar-refractivity contribution in [2.24, 2.45) is 0 Å². The first-order valence-electron chi connectivity index (χ1n) is 5.02. The molecular weight excluding hydrogens is 272 g/mol. The van der Waals surface area contributed by atoms with Crippen LogP contribution < -0.4 is 15.4 Å². The van der Waals surface area contributed by atoms with Gasteiger partial charge in [-0.3, -0.25) is 4.79 Å². The van der Waals surface area contributed by atoms with E-state index in [-0.39, 0.29) is 12.5 Å². The predicted octanol–water partition coefficient (Wildman–Crippen LogP) is 1.16. The Morgan fingerprint density at radius 3 is 2.62 bits per heavy atom. The number of benzene rings is 1. The van der Waals surface area contributed by atoms with Gasteiger partial charge in [-0.15, -0.1) is 0 Å². The highest BCUT2D eigenvalue weighted by molar-refractivity contribution is 9.10. The molecule has 16 heavy (non-hydrogen) atoms. The Bertz CT molecular complexity index is 327. The Morgan fingerprint density at radius 2 is 2.00 bits per heavy atom. The van der Waals surface area contributed by atoms with Crippen LogP contribution in [0.1, 0.15) is 0 Å². The second-order valence-corrected chi connectivity index (χ2v) is 4.11. The van der Waals surface area contributed by atoms with Crippen LogP contribution in [0.15, 0.2) is 28.7 Å². The lowest BCUT2D eigenvalue weighted by Gasteiger charge is -2.07. The van der Waals surface area contributed by atoms with Gasteiger partial charge in [0.15, 0.2) is 6.61 Å². The van der Waals surface area contributed by atoms with Gasteiger partial charge < -0.3 is 15.4 Å². The van der Waals surface area contributed by atoms with Crippen LogP contribution in [0.2, 0.25) is 0 Å². The van der Waals surface area contributed by atoms with Gasteiger partial charge in [-0.2, -0.15) is 0 Å². The molecule has 0 saturated heterocycles. The molecule has 0 bridgehead atoms. The van der Waals surface area contributed by atoms with Crippen LogP contribution in [0.3, 0.4) is 0 Å². The number of rotatable bonds is 6. The summed E-state index contributed by atoms with van der Waals surface area (Å²) in [5, 5.41) is 5.67. The van der Waals surface area contributed by atoms with Crippen molar-refractivity contribution in [3.05, 3.63) is 28.7 Å². The lowest BCUT2D eigenvalue weighted by molar-refractivity contribution is -0.123. The molecule has 0 saturated carbocycles. The van der Waals surface area contributed by atoms with E-state index in [0.717, 1.165) is 11.0 Å². The molecule has 1 amide bonds. The summed E-state index contributed by atoms with van der Waals surface area (Å²) in [5.41, 5.74) is 0. The fourth-order valence-corrected chi connectivity index (χ4v) is 1.32. The number of carbonyl (C=O) groups excluding carboxylic acids is 1. The lowest BCUT2D eigenvalue weighted by atomic mass is 10.3. The summed E-state index contributed by atoms with van der Waals surface area (Å²) in [7, 11) is 1.84.